The van der Waals surface area contributed by atoms with E-state index in [1.165, 1.54) is 0 Å². The van der Waals surface area contributed by atoms with Gasteiger partial charge in [0.15, 0.2) is 0 Å². The smallest absolute Gasteiger partial charge is 0.235 e. The number of ether oxygens (including phenoxy) is 2. The number of benzene rings is 2. The lowest BCUT2D eigenvalue weighted by molar-refractivity contribution is -0.120. The van der Waals surface area contributed by atoms with Crippen LogP contribution < -0.4 is 10.9 Å². The van der Waals surface area contributed by atoms with Crippen molar-refractivity contribution in [1.82, 2.24) is 10.9 Å². The number of hydrogen-bond acceptors (Lipinski definition) is 5. The number of amides is 1. The molecule has 6 heteroatoms. The molecule has 1 saturated heterocycles. The molecule has 1 heterocycles. The Bertz CT molecular complexity index is 681. The van der Waals surface area contributed by atoms with Gasteiger partial charge in [0.2, 0.25) is 5.91 Å². The highest BCUT2D eigenvalue weighted by Crippen LogP contribution is 2.15. The summed E-state index contributed by atoms with van der Waals surface area (Å²) < 4.78 is 11.6. The summed E-state index contributed by atoms with van der Waals surface area (Å²) >= 11 is 0. The van der Waals surface area contributed by atoms with Crippen LogP contribution in [0.1, 0.15) is 17.5 Å². The highest BCUT2D eigenvalue weighted by molar-refractivity contribution is 5.78. The van der Waals surface area contributed by atoms with E-state index in [2.05, 4.69) is 10.9 Å². The maximum absolute atomic E-state index is 11.5. The van der Waals surface area contributed by atoms with Crippen LogP contribution in [-0.4, -0.2) is 35.9 Å². The SMILES string of the molecule is O=C1CC([C@H](OCc2ccccc2)[C@H](O)COCc2ccccc2)NN1. The van der Waals surface area contributed by atoms with Gasteiger partial charge in [-0.25, -0.2) is 5.43 Å². The summed E-state index contributed by atoms with van der Waals surface area (Å²) in [4.78, 5) is 11.5. The fourth-order valence-corrected chi connectivity index (χ4v) is 2.90. The summed E-state index contributed by atoms with van der Waals surface area (Å²) in [6.07, 6.45) is -1.16. The summed E-state index contributed by atoms with van der Waals surface area (Å²) in [7, 11) is 0. The first-order valence-corrected chi connectivity index (χ1v) is 8.72. The Morgan fingerprint density at radius 3 is 2.19 bits per heavy atom. The number of hydrogen-bond donors (Lipinski definition) is 3. The molecule has 1 aliphatic rings. The topological polar surface area (TPSA) is 79.8 Å². The molecule has 0 aliphatic carbocycles. The van der Waals surface area contributed by atoms with Crippen molar-refractivity contribution in [2.24, 2.45) is 0 Å². The molecule has 0 radical (unpaired) electrons. The van der Waals surface area contributed by atoms with Gasteiger partial charge in [0, 0.05) is 6.42 Å². The Morgan fingerprint density at radius 1 is 1.00 bits per heavy atom. The Labute approximate surface area is 153 Å². The molecule has 3 atom stereocenters. The van der Waals surface area contributed by atoms with Gasteiger partial charge >= 0.3 is 0 Å². The molecule has 0 bridgehead atoms. The van der Waals surface area contributed by atoms with Gasteiger partial charge in [-0.2, -0.15) is 0 Å². The van der Waals surface area contributed by atoms with Crippen molar-refractivity contribution in [3.05, 3.63) is 71.8 Å². The summed E-state index contributed by atoms with van der Waals surface area (Å²) in [6.45, 7) is 0.896. The Morgan fingerprint density at radius 2 is 1.62 bits per heavy atom. The molecule has 1 unspecified atom stereocenters. The number of carbonyl (C=O) groups is 1. The van der Waals surface area contributed by atoms with Crippen LogP contribution in [0.5, 0.6) is 0 Å². The summed E-state index contributed by atoms with van der Waals surface area (Å²) in [5.41, 5.74) is 7.50. The second-order valence-electron chi connectivity index (χ2n) is 6.33. The number of hydrazine groups is 1. The van der Waals surface area contributed by atoms with Gasteiger partial charge in [-0.3, -0.25) is 10.2 Å². The van der Waals surface area contributed by atoms with Gasteiger partial charge < -0.3 is 14.6 Å². The minimum atomic E-state index is -0.854. The molecule has 0 spiro atoms. The number of nitrogens with one attached hydrogen (secondary N) is 2. The van der Waals surface area contributed by atoms with Gasteiger partial charge in [0.05, 0.1) is 25.9 Å². The van der Waals surface area contributed by atoms with Gasteiger partial charge in [-0.1, -0.05) is 60.7 Å². The first-order chi connectivity index (χ1) is 12.7. The quantitative estimate of drug-likeness (QED) is 0.635. The Hall–Kier alpha value is -2.25. The minimum Gasteiger partial charge on any atom is -0.388 e. The van der Waals surface area contributed by atoms with Crippen LogP contribution in [0.3, 0.4) is 0 Å². The lowest BCUT2D eigenvalue weighted by atomic mass is 10.0. The molecule has 2 aromatic rings. The van der Waals surface area contributed by atoms with Crippen LogP contribution in [-0.2, 0) is 27.5 Å². The van der Waals surface area contributed by atoms with E-state index in [-0.39, 0.29) is 25.0 Å². The molecule has 1 fully saturated rings. The van der Waals surface area contributed by atoms with E-state index in [1.54, 1.807) is 0 Å². The van der Waals surface area contributed by atoms with E-state index in [0.717, 1.165) is 11.1 Å². The van der Waals surface area contributed by atoms with E-state index in [4.69, 9.17) is 9.47 Å². The van der Waals surface area contributed by atoms with Crippen LogP contribution in [0.2, 0.25) is 0 Å². The first-order valence-electron chi connectivity index (χ1n) is 8.72. The average Bonchev–Trinajstić information content (AvgIpc) is 3.10. The van der Waals surface area contributed by atoms with Gasteiger partial charge in [0.25, 0.3) is 0 Å². The monoisotopic (exact) mass is 356 g/mol. The van der Waals surface area contributed by atoms with Crippen molar-refractivity contribution in [1.29, 1.82) is 0 Å². The fraction of sp³-hybridized carbons (Fsp3) is 0.350. The average molecular weight is 356 g/mol. The number of carbonyl (C=O) groups excluding carboxylic acids is 1. The molecular formula is C20H24N2O4. The molecule has 138 valence electrons. The van der Waals surface area contributed by atoms with Gasteiger partial charge in [0.1, 0.15) is 12.2 Å². The van der Waals surface area contributed by atoms with Gasteiger partial charge in [-0.05, 0) is 11.1 Å². The normalized spacial score (nSPS) is 19.1. The number of aliphatic hydroxyl groups is 1. The van der Waals surface area contributed by atoms with E-state index in [1.807, 2.05) is 60.7 Å². The van der Waals surface area contributed by atoms with Crippen molar-refractivity contribution in [3.63, 3.8) is 0 Å². The second-order valence-corrected chi connectivity index (χ2v) is 6.33. The Balaban J connectivity index is 1.55. The minimum absolute atomic E-state index is 0.110. The van der Waals surface area contributed by atoms with Crippen LogP contribution in [0.25, 0.3) is 0 Å². The Kier molecular flexibility index (Phi) is 6.74. The zero-order valence-electron chi connectivity index (χ0n) is 14.5. The lowest BCUT2D eigenvalue weighted by Gasteiger charge is -2.27. The predicted octanol–water partition coefficient (Wildman–Crippen LogP) is 1.54. The third kappa shape index (κ3) is 5.37. The third-order valence-electron chi connectivity index (χ3n) is 4.26. The molecule has 0 saturated carbocycles. The van der Waals surface area contributed by atoms with Crippen LogP contribution in [0.15, 0.2) is 60.7 Å². The van der Waals surface area contributed by atoms with Crippen LogP contribution in [0.4, 0.5) is 0 Å². The molecule has 2 aromatic carbocycles. The van der Waals surface area contributed by atoms with E-state index < -0.39 is 12.2 Å². The first kappa shape index (κ1) is 18.5. The second kappa shape index (κ2) is 9.45. The molecular weight excluding hydrogens is 332 g/mol. The van der Waals surface area contributed by atoms with E-state index >= 15 is 0 Å². The van der Waals surface area contributed by atoms with Crippen molar-refractivity contribution in [2.45, 2.75) is 37.9 Å². The summed E-state index contributed by atoms with van der Waals surface area (Å²) in [5.74, 6) is -0.110. The zero-order valence-corrected chi connectivity index (χ0v) is 14.5. The van der Waals surface area contributed by atoms with Crippen molar-refractivity contribution in [3.8, 4) is 0 Å². The zero-order chi connectivity index (χ0) is 18.2. The lowest BCUT2D eigenvalue weighted by Crippen LogP contribution is -2.48. The molecule has 26 heavy (non-hydrogen) atoms. The largest absolute Gasteiger partial charge is 0.388 e. The maximum atomic E-state index is 11.5. The molecule has 1 amide bonds. The summed E-state index contributed by atoms with van der Waals surface area (Å²) in [6, 6.07) is 19.2. The van der Waals surface area contributed by atoms with Crippen LogP contribution in [0, 0.1) is 0 Å². The molecule has 3 N–H and O–H groups in total. The van der Waals surface area contributed by atoms with Crippen molar-refractivity contribution >= 4 is 5.91 Å². The van der Waals surface area contributed by atoms with E-state index in [9.17, 15) is 9.90 Å². The molecule has 0 aromatic heterocycles. The standard InChI is InChI=1S/C20H24N2O4/c23-18(14-25-12-15-7-3-1-4-8-15)20(17-11-19(24)22-21-17)26-13-16-9-5-2-6-10-16/h1-10,17-18,20-21,23H,11-14H2,(H,22,24)/t17?,18-,20+/m1/s1. The highest BCUT2D eigenvalue weighted by Gasteiger charge is 2.34. The molecule has 1 aliphatic heterocycles. The molecule has 6 nitrogen and oxygen atoms in total. The molecule has 3 rings (SSSR count). The fourth-order valence-electron chi connectivity index (χ4n) is 2.90. The maximum Gasteiger partial charge on any atom is 0.235 e. The van der Waals surface area contributed by atoms with Crippen molar-refractivity contribution < 1.29 is 19.4 Å². The van der Waals surface area contributed by atoms with E-state index in [0.29, 0.717) is 13.2 Å². The number of rotatable bonds is 9. The van der Waals surface area contributed by atoms with Gasteiger partial charge in [-0.15, -0.1) is 0 Å². The highest BCUT2D eigenvalue weighted by atomic mass is 16.5. The third-order valence-corrected chi connectivity index (χ3v) is 4.26. The number of aliphatic hydroxyl groups excluding tert-OH is 1. The summed E-state index contributed by atoms with van der Waals surface area (Å²) in [5, 5.41) is 10.6. The van der Waals surface area contributed by atoms with Crippen molar-refractivity contribution in [2.75, 3.05) is 6.61 Å². The van der Waals surface area contributed by atoms with Crippen LogP contribution >= 0.6 is 0 Å². The predicted molar refractivity (Wildman–Crippen MR) is 96.8 cm³/mol.